The van der Waals surface area contributed by atoms with E-state index in [1.807, 2.05) is 36.9 Å². The van der Waals surface area contributed by atoms with Gasteiger partial charge in [-0.3, -0.25) is 9.69 Å². The predicted molar refractivity (Wildman–Crippen MR) is 75.6 cm³/mol. The Morgan fingerprint density at radius 2 is 2.11 bits per heavy atom. The maximum absolute atomic E-state index is 11.1. The van der Waals surface area contributed by atoms with Crippen molar-refractivity contribution in [3.63, 3.8) is 0 Å². The number of primary amides is 1. The first kappa shape index (κ1) is 15.5. The largest absolute Gasteiger partial charge is 0.496 e. The van der Waals surface area contributed by atoms with Gasteiger partial charge in [-0.15, -0.1) is 0 Å². The lowest BCUT2D eigenvalue weighted by Crippen LogP contribution is -2.37. The van der Waals surface area contributed by atoms with Crippen LogP contribution in [0.3, 0.4) is 0 Å². The molecule has 1 aromatic rings. The first-order chi connectivity index (χ1) is 8.97. The smallest absolute Gasteiger partial charge is 0.231 e. The van der Waals surface area contributed by atoms with Crippen LogP contribution in [0.1, 0.15) is 25.0 Å². The van der Waals surface area contributed by atoms with Gasteiger partial charge in [-0.1, -0.05) is 12.1 Å². The average molecular weight is 265 g/mol. The minimum Gasteiger partial charge on any atom is -0.496 e. The molecule has 0 bridgehead atoms. The second-order valence-corrected chi connectivity index (χ2v) is 4.82. The van der Waals surface area contributed by atoms with Gasteiger partial charge in [-0.05, 0) is 25.5 Å². The molecule has 0 saturated heterocycles. The van der Waals surface area contributed by atoms with Crippen LogP contribution >= 0.6 is 0 Å². The quantitative estimate of drug-likeness (QED) is 0.765. The number of carbonyl (C=O) groups excluding carboxylic acids is 1. The molecule has 5 heteroatoms. The zero-order valence-corrected chi connectivity index (χ0v) is 11.8. The zero-order valence-electron chi connectivity index (χ0n) is 11.8. The summed E-state index contributed by atoms with van der Waals surface area (Å²) >= 11 is 0. The molecule has 5 nitrogen and oxygen atoms in total. The fourth-order valence-corrected chi connectivity index (χ4v) is 1.91. The van der Waals surface area contributed by atoms with Crippen LogP contribution in [-0.4, -0.2) is 30.5 Å². The van der Waals surface area contributed by atoms with E-state index < -0.39 is 0 Å². The fraction of sp³-hybridized carbons (Fsp3) is 0.500. The van der Waals surface area contributed by atoms with Gasteiger partial charge in [0.2, 0.25) is 5.91 Å². The molecule has 0 fully saturated rings. The van der Waals surface area contributed by atoms with Crippen LogP contribution < -0.4 is 16.2 Å². The van der Waals surface area contributed by atoms with Gasteiger partial charge < -0.3 is 16.2 Å². The van der Waals surface area contributed by atoms with E-state index in [0.29, 0.717) is 13.1 Å². The third kappa shape index (κ3) is 4.54. The Labute approximate surface area is 114 Å². The summed E-state index contributed by atoms with van der Waals surface area (Å²) in [6.45, 7) is 5.42. The summed E-state index contributed by atoms with van der Waals surface area (Å²) in [6.07, 6.45) is 0. The van der Waals surface area contributed by atoms with E-state index in [1.165, 1.54) is 0 Å². The number of nitrogens with two attached hydrogens (primary N) is 2. The van der Waals surface area contributed by atoms with Crippen LogP contribution in [0.4, 0.5) is 0 Å². The molecule has 4 N–H and O–H groups in total. The van der Waals surface area contributed by atoms with Gasteiger partial charge in [0.25, 0.3) is 0 Å². The number of ether oxygens (including phenoxy) is 1. The van der Waals surface area contributed by atoms with Crippen molar-refractivity contribution in [1.29, 1.82) is 0 Å². The highest BCUT2D eigenvalue weighted by molar-refractivity contribution is 5.75. The van der Waals surface area contributed by atoms with E-state index in [1.54, 1.807) is 7.11 Å². The molecule has 0 atom stereocenters. The van der Waals surface area contributed by atoms with Crippen molar-refractivity contribution in [1.82, 2.24) is 4.90 Å². The molecule has 0 saturated carbocycles. The Morgan fingerprint density at radius 3 is 2.58 bits per heavy atom. The summed E-state index contributed by atoms with van der Waals surface area (Å²) in [5.74, 6) is 0.460. The standard InChI is InChI=1S/C14H23N3O2/c1-10(2)17(9-14(16)18)8-11-4-5-12(7-15)13(6-11)19-3/h4-6,10H,7-9,15H2,1-3H3,(H2,16,18). The number of amides is 1. The maximum atomic E-state index is 11.1. The fourth-order valence-electron chi connectivity index (χ4n) is 1.91. The Bertz CT molecular complexity index is 433. The first-order valence-electron chi connectivity index (χ1n) is 6.36. The van der Waals surface area contributed by atoms with Gasteiger partial charge >= 0.3 is 0 Å². The van der Waals surface area contributed by atoms with Crippen molar-refractivity contribution < 1.29 is 9.53 Å². The number of benzene rings is 1. The Morgan fingerprint density at radius 1 is 1.42 bits per heavy atom. The molecule has 1 amide bonds. The van der Waals surface area contributed by atoms with Crippen molar-refractivity contribution in [2.24, 2.45) is 11.5 Å². The lowest BCUT2D eigenvalue weighted by Gasteiger charge is -2.25. The molecule has 0 aliphatic heterocycles. The van der Waals surface area contributed by atoms with E-state index in [0.717, 1.165) is 16.9 Å². The van der Waals surface area contributed by atoms with Crippen molar-refractivity contribution in [3.8, 4) is 5.75 Å². The van der Waals surface area contributed by atoms with Gasteiger partial charge in [0.1, 0.15) is 5.75 Å². The molecule has 19 heavy (non-hydrogen) atoms. The molecule has 0 spiro atoms. The van der Waals surface area contributed by atoms with Crippen molar-refractivity contribution >= 4 is 5.91 Å². The predicted octanol–water partition coefficient (Wildman–Crippen LogP) is 0.850. The highest BCUT2D eigenvalue weighted by atomic mass is 16.5. The van der Waals surface area contributed by atoms with Crippen molar-refractivity contribution in [3.05, 3.63) is 29.3 Å². The van der Waals surface area contributed by atoms with Gasteiger partial charge in [0.05, 0.1) is 13.7 Å². The Balaban J connectivity index is 2.87. The number of rotatable bonds is 7. The molecule has 0 aliphatic rings. The van der Waals surface area contributed by atoms with Crippen LogP contribution in [0, 0.1) is 0 Å². The van der Waals surface area contributed by atoms with Gasteiger partial charge in [0, 0.05) is 24.7 Å². The molecule has 1 aromatic carbocycles. The SMILES string of the molecule is COc1cc(CN(CC(N)=O)C(C)C)ccc1CN. The van der Waals surface area contributed by atoms with E-state index in [4.69, 9.17) is 16.2 Å². The van der Waals surface area contributed by atoms with Crippen LogP contribution in [-0.2, 0) is 17.9 Å². The number of hydrogen-bond acceptors (Lipinski definition) is 4. The monoisotopic (exact) mass is 265 g/mol. The summed E-state index contributed by atoms with van der Waals surface area (Å²) in [5, 5.41) is 0. The summed E-state index contributed by atoms with van der Waals surface area (Å²) in [4.78, 5) is 13.1. The number of nitrogens with zero attached hydrogens (tertiary/aromatic N) is 1. The molecular formula is C14H23N3O2. The van der Waals surface area contributed by atoms with Crippen LogP contribution in [0.25, 0.3) is 0 Å². The van der Waals surface area contributed by atoms with E-state index in [-0.39, 0.29) is 18.5 Å². The maximum Gasteiger partial charge on any atom is 0.231 e. The molecule has 0 radical (unpaired) electrons. The third-order valence-electron chi connectivity index (χ3n) is 3.05. The molecule has 1 rings (SSSR count). The zero-order chi connectivity index (χ0) is 14.4. The normalized spacial score (nSPS) is 11.1. The van der Waals surface area contributed by atoms with Crippen LogP contribution in [0.5, 0.6) is 5.75 Å². The summed E-state index contributed by atoms with van der Waals surface area (Å²) < 4.78 is 5.31. The van der Waals surface area contributed by atoms with E-state index >= 15 is 0 Å². The molecule has 0 aromatic heterocycles. The first-order valence-corrected chi connectivity index (χ1v) is 6.36. The summed E-state index contributed by atoms with van der Waals surface area (Å²) in [7, 11) is 1.63. The van der Waals surface area contributed by atoms with Crippen LogP contribution in [0.15, 0.2) is 18.2 Å². The summed E-state index contributed by atoms with van der Waals surface area (Å²) in [5.41, 5.74) is 12.9. The molecular weight excluding hydrogens is 242 g/mol. The van der Waals surface area contributed by atoms with E-state index in [9.17, 15) is 4.79 Å². The van der Waals surface area contributed by atoms with Crippen LogP contribution in [0.2, 0.25) is 0 Å². The number of carbonyl (C=O) groups is 1. The Hall–Kier alpha value is -1.59. The molecule has 106 valence electrons. The molecule has 0 heterocycles. The lowest BCUT2D eigenvalue weighted by molar-refractivity contribution is -0.119. The van der Waals surface area contributed by atoms with Crippen molar-refractivity contribution in [2.75, 3.05) is 13.7 Å². The summed E-state index contributed by atoms with van der Waals surface area (Å²) in [6, 6.07) is 6.16. The minimum atomic E-state index is -0.320. The second-order valence-electron chi connectivity index (χ2n) is 4.82. The second kappa shape index (κ2) is 7.11. The number of methoxy groups -OCH3 is 1. The Kier molecular flexibility index (Phi) is 5.79. The average Bonchev–Trinajstić information content (AvgIpc) is 2.37. The highest BCUT2D eigenvalue weighted by Crippen LogP contribution is 2.21. The number of hydrogen-bond donors (Lipinski definition) is 2. The highest BCUT2D eigenvalue weighted by Gasteiger charge is 2.13. The van der Waals surface area contributed by atoms with E-state index in [2.05, 4.69) is 0 Å². The molecule has 0 unspecified atom stereocenters. The van der Waals surface area contributed by atoms with Gasteiger partial charge in [-0.2, -0.15) is 0 Å². The van der Waals surface area contributed by atoms with Gasteiger partial charge in [-0.25, -0.2) is 0 Å². The van der Waals surface area contributed by atoms with Crippen molar-refractivity contribution in [2.45, 2.75) is 33.0 Å². The topological polar surface area (TPSA) is 81.6 Å². The minimum absolute atomic E-state index is 0.243. The molecule has 0 aliphatic carbocycles. The third-order valence-corrected chi connectivity index (χ3v) is 3.05. The lowest BCUT2D eigenvalue weighted by atomic mass is 10.1. The van der Waals surface area contributed by atoms with Gasteiger partial charge in [0.15, 0.2) is 0 Å².